The summed E-state index contributed by atoms with van der Waals surface area (Å²) in [5, 5.41) is 0.568. The topological polar surface area (TPSA) is 57.7 Å². The van der Waals surface area contributed by atoms with Crippen molar-refractivity contribution in [1.29, 1.82) is 0 Å². The van der Waals surface area contributed by atoms with Gasteiger partial charge in [0.15, 0.2) is 5.78 Å². The highest BCUT2D eigenvalue weighted by atomic mass is 32.2. The molecule has 2 aliphatic rings. The first kappa shape index (κ1) is 19.7. The molecule has 1 heterocycles. The van der Waals surface area contributed by atoms with Gasteiger partial charge in [-0.3, -0.25) is 19.3 Å². The van der Waals surface area contributed by atoms with Crippen LogP contribution in [0.25, 0.3) is 0 Å². The van der Waals surface area contributed by atoms with Crippen LogP contribution in [0.5, 0.6) is 0 Å². The van der Waals surface area contributed by atoms with E-state index in [0.717, 1.165) is 31.2 Å². The molecule has 5 nitrogen and oxygen atoms in total. The number of benzene rings is 1. The summed E-state index contributed by atoms with van der Waals surface area (Å²) < 4.78 is 0. The predicted octanol–water partition coefficient (Wildman–Crippen LogP) is 3.39. The first-order valence-electron chi connectivity index (χ1n) is 9.48. The molecule has 2 amide bonds. The molecule has 1 aromatic carbocycles. The molecule has 1 aromatic rings. The molecule has 1 saturated carbocycles. The van der Waals surface area contributed by atoms with Crippen molar-refractivity contribution in [2.24, 2.45) is 0 Å². The molecule has 2 fully saturated rings. The van der Waals surface area contributed by atoms with Crippen LogP contribution < -0.4 is 0 Å². The Labute approximate surface area is 164 Å². The number of hydrogen-bond donors (Lipinski definition) is 0. The normalized spacial score (nSPS) is 19.6. The number of allylic oxidation sites excluding steroid dienone is 1. The zero-order valence-corrected chi connectivity index (χ0v) is 16.8. The molecule has 6 heteroatoms. The van der Waals surface area contributed by atoms with Gasteiger partial charge in [-0.05, 0) is 25.3 Å². The Kier molecular flexibility index (Phi) is 6.37. The van der Waals surface area contributed by atoms with Crippen LogP contribution in [-0.4, -0.2) is 52.8 Å². The smallest absolute Gasteiger partial charge is 0.242 e. The van der Waals surface area contributed by atoms with Gasteiger partial charge in [0.2, 0.25) is 11.8 Å². The van der Waals surface area contributed by atoms with Crippen LogP contribution in [0, 0.1) is 6.92 Å². The lowest BCUT2D eigenvalue weighted by Gasteiger charge is -2.32. The van der Waals surface area contributed by atoms with Crippen molar-refractivity contribution in [3.63, 3.8) is 0 Å². The summed E-state index contributed by atoms with van der Waals surface area (Å²) in [5.74, 6) is -0.0440. The Hall–Kier alpha value is -2.08. The molecule has 0 unspecified atom stereocenters. The minimum atomic E-state index is -0.136. The second-order valence-electron chi connectivity index (χ2n) is 7.23. The van der Waals surface area contributed by atoms with Gasteiger partial charge in [0.1, 0.15) is 6.54 Å². The number of carbonyl (C=O) groups excluding carboxylic acids is 3. The fourth-order valence-electron chi connectivity index (χ4n) is 3.66. The summed E-state index contributed by atoms with van der Waals surface area (Å²) in [6.07, 6.45) is 7.08. The Balaban J connectivity index is 1.71. The average Bonchev–Trinajstić information content (AvgIpc) is 3.01. The van der Waals surface area contributed by atoms with Crippen molar-refractivity contribution in [3.8, 4) is 0 Å². The summed E-state index contributed by atoms with van der Waals surface area (Å²) in [5.41, 5.74) is 1.52. The van der Waals surface area contributed by atoms with Crippen molar-refractivity contribution in [2.75, 3.05) is 19.3 Å². The Morgan fingerprint density at radius 3 is 2.63 bits per heavy atom. The van der Waals surface area contributed by atoms with E-state index in [1.165, 1.54) is 29.2 Å². The summed E-state index contributed by atoms with van der Waals surface area (Å²) in [6, 6.07) is 7.64. The van der Waals surface area contributed by atoms with E-state index in [9.17, 15) is 14.4 Å². The second-order valence-corrected chi connectivity index (χ2v) is 8.22. The van der Waals surface area contributed by atoms with Gasteiger partial charge in [-0.15, -0.1) is 0 Å². The Morgan fingerprint density at radius 2 is 1.93 bits per heavy atom. The van der Waals surface area contributed by atoms with Gasteiger partial charge in [0, 0.05) is 24.7 Å². The van der Waals surface area contributed by atoms with Gasteiger partial charge in [-0.1, -0.05) is 55.3 Å². The molecule has 0 radical (unpaired) electrons. The first-order valence-corrected chi connectivity index (χ1v) is 10.5. The lowest BCUT2D eigenvalue weighted by molar-refractivity contribution is -0.138. The van der Waals surface area contributed by atoms with Gasteiger partial charge in [-0.2, -0.15) is 0 Å². The van der Waals surface area contributed by atoms with Crippen LogP contribution in [0.4, 0.5) is 0 Å². The van der Waals surface area contributed by atoms with E-state index in [4.69, 9.17) is 0 Å². The van der Waals surface area contributed by atoms with Crippen LogP contribution in [0.15, 0.2) is 35.4 Å². The molecule has 3 rings (SSSR count). The highest BCUT2D eigenvalue weighted by Crippen LogP contribution is 2.30. The summed E-state index contributed by atoms with van der Waals surface area (Å²) in [6.45, 7) is 1.89. The highest BCUT2D eigenvalue weighted by molar-refractivity contribution is 8.04. The number of amides is 2. The lowest BCUT2D eigenvalue weighted by atomic mass is 9.94. The van der Waals surface area contributed by atoms with E-state index in [1.807, 2.05) is 32.2 Å². The van der Waals surface area contributed by atoms with Gasteiger partial charge in [-0.25, -0.2) is 0 Å². The molecule has 0 atom stereocenters. The summed E-state index contributed by atoms with van der Waals surface area (Å²) in [4.78, 5) is 40.9. The number of rotatable bonds is 5. The van der Waals surface area contributed by atoms with E-state index in [0.29, 0.717) is 10.6 Å². The van der Waals surface area contributed by atoms with E-state index in [-0.39, 0.29) is 35.9 Å². The predicted molar refractivity (Wildman–Crippen MR) is 107 cm³/mol. The van der Waals surface area contributed by atoms with Crippen LogP contribution in [0.3, 0.4) is 0 Å². The average molecular weight is 387 g/mol. The van der Waals surface area contributed by atoms with E-state index < -0.39 is 0 Å². The van der Waals surface area contributed by atoms with Gasteiger partial charge < -0.3 is 4.90 Å². The third-order valence-corrected chi connectivity index (χ3v) is 6.41. The molecule has 0 bridgehead atoms. The van der Waals surface area contributed by atoms with Crippen molar-refractivity contribution in [2.45, 2.75) is 45.1 Å². The Morgan fingerprint density at radius 1 is 1.22 bits per heavy atom. The minimum Gasteiger partial charge on any atom is -0.341 e. The molecule has 1 aliphatic heterocycles. The quantitative estimate of drug-likeness (QED) is 0.575. The van der Waals surface area contributed by atoms with Gasteiger partial charge >= 0.3 is 0 Å². The third kappa shape index (κ3) is 4.61. The molecule has 0 aromatic heterocycles. The maximum absolute atomic E-state index is 12.7. The lowest BCUT2D eigenvalue weighted by Crippen LogP contribution is -2.44. The molecule has 1 saturated heterocycles. The van der Waals surface area contributed by atoms with Crippen LogP contribution in [0.2, 0.25) is 0 Å². The Bertz CT molecular complexity index is 768. The SMILES string of the molecule is Cc1ccccc1C(=O)/C=C1\SCC(=O)N1CC(=O)N(C)C1CCCCC1. The van der Waals surface area contributed by atoms with Crippen molar-refractivity contribution in [1.82, 2.24) is 9.80 Å². The van der Waals surface area contributed by atoms with Crippen LogP contribution >= 0.6 is 11.8 Å². The molecule has 0 spiro atoms. The summed E-state index contributed by atoms with van der Waals surface area (Å²) in [7, 11) is 1.83. The number of aryl methyl sites for hydroxylation is 1. The molecule has 144 valence electrons. The highest BCUT2D eigenvalue weighted by Gasteiger charge is 2.31. The van der Waals surface area contributed by atoms with E-state index in [1.54, 1.807) is 11.0 Å². The third-order valence-electron chi connectivity index (χ3n) is 5.38. The minimum absolute atomic E-state index is 0.00567. The standard InChI is InChI=1S/C21H26N2O3S/c1-15-8-6-7-11-17(15)18(24)12-21-23(20(26)14-27-21)13-19(25)22(2)16-9-4-3-5-10-16/h6-8,11-12,16H,3-5,9-10,13-14H2,1-2H3/b21-12-. The number of carbonyl (C=O) groups is 3. The number of thioether (sulfide) groups is 1. The fourth-order valence-corrected chi connectivity index (χ4v) is 4.60. The largest absolute Gasteiger partial charge is 0.341 e. The monoisotopic (exact) mass is 386 g/mol. The number of ketones is 1. The maximum Gasteiger partial charge on any atom is 0.242 e. The second kappa shape index (κ2) is 8.74. The van der Waals surface area contributed by atoms with Crippen molar-refractivity contribution in [3.05, 3.63) is 46.5 Å². The van der Waals surface area contributed by atoms with E-state index in [2.05, 4.69) is 0 Å². The zero-order valence-electron chi connectivity index (χ0n) is 15.9. The number of hydrogen-bond acceptors (Lipinski definition) is 4. The van der Waals surface area contributed by atoms with Crippen LogP contribution in [0.1, 0.15) is 48.0 Å². The molecule has 27 heavy (non-hydrogen) atoms. The molecular weight excluding hydrogens is 360 g/mol. The van der Waals surface area contributed by atoms with Gasteiger partial charge in [0.05, 0.1) is 10.8 Å². The van der Waals surface area contributed by atoms with E-state index >= 15 is 0 Å². The number of nitrogens with zero attached hydrogens (tertiary/aromatic N) is 2. The fraction of sp³-hybridized carbons (Fsp3) is 0.476. The van der Waals surface area contributed by atoms with Crippen LogP contribution in [-0.2, 0) is 9.59 Å². The van der Waals surface area contributed by atoms with Crippen molar-refractivity contribution < 1.29 is 14.4 Å². The number of likely N-dealkylation sites (N-methyl/N-ethyl adjacent to an activating group) is 1. The molecular formula is C21H26N2O3S. The maximum atomic E-state index is 12.7. The molecule has 1 aliphatic carbocycles. The van der Waals surface area contributed by atoms with Crippen molar-refractivity contribution >= 4 is 29.4 Å². The summed E-state index contributed by atoms with van der Waals surface area (Å²) >= 11 is 1.32. The molecule has 0 N–H and O–H groups in total. The first-order chi connectivity index (χ1) is 13.0. The van der Waals surface area contributed by atoms with Gasteiger partial charge in [0.25, 0.3) is 0 Å². The zero-order chi connectivity index (χ0) is 19.4.